The number of amides is 1. The molecule has 130 valence electrons. The van der Waals surface area contributed by atoms with Crippen LogP contribution in [0.4, 0.5) is 5.13 Å². The Bertz CT molecular complexity index is 984. The maximum atomic E-state index is 11.6. The van der Waals surface area contributed by atoms with E-state index in [0.717, 1.165) is 11.3 Å². The summed E-state index contributed by atoms with van der Waals surface area (Å²) < 4.78 is 0. The fourth-order valence-electron chi connectivity index (χ4n) is 2.30. The lowest BCUT2D eigenvalue weighted by molar-refractivity contribution is -0.116. The van der Waals surface area contributed by atoms with Gasteiger partial charge in [-0.05, 0) is 25.1 Å². The highest BCUT2D eigenvalue weighted by Crippen LogP contribution is 2.28. The minimum Gasteiger partial charge on any atom is -0.289 e. The van der Waals surface area contributed by atoms with E-state index in [1.807, 2.05) is 29.8 Å². The number of hydrogen-bond donors (Lipinski definition) is 0. The van der Waals surface area contributed by atoms with Crippen molar-refractivity contribution in [3.63, 3.8) is 0 Å². The summed E-state index contributed by atoms with van der Waals surface area (Å²) in [5.41, 5.74) is 2.84. The van der Waals surface area contributed by atoms with Crippen molar-refractivity contribution in [1.29, 1.82) is 5.26 Å². The van der Waals surface area contributed by atoms with Gasteiger partial charge in [0, 0.05) is 42.2 Å². The van der Waals surface area contributed by atoms with Crippen molar-refractivity contribution in [1.82, 2.24) is 15.0 Å². The minimum absolute atomic E-state index is 0.0557. The number of carbonyl (C=O) groups excluding carboxylic acids is 1. The molecule has 0 saturated carbocycles. The van der Waals surface area contributed by atoms with Gasteiger partial charge < -0.3 is 0 Å². The molecule has 3 heterocycles. The van der Waals surface area contributed by atoms with Crippen LogP contribution in [0.5, 0.6) is 0 Å². The van der Waals surface area contributed by atoms with E-state index in [4.69, 9.17) is 0 Å². The molecule has 26 heavy (non-hydrogen) atoms. The topological polar surface area (TPSA) is 82.8 Å². The molecule has 0 aromatic carbocycles. The normalized spacial score (nSPS) is 11.2. The quantitative estimate of drug-likeness (QED) is 0.621. The van der Waals surface area contributed by atoms with Crippen molar-refractivity contribution in [3.8, 4) is 17.3 Å². The molecule has 0 fully saturated rings. The highest BCUT2D eigenvalue weighted by atomic mass is 32.1. The first-order chi connectivity index (χ1) is 12.6. The Kier molecular flexibility index (Phi) is 5.51. The molecule has 0 aliphatic heterocycles. The monoisotopic (exact) mass is 381 g/mol. The lowest BCUT2D eigenvalue weighted by Crippen LogP contribution is -2.27. The predicted octanol–water partition coefficient (Wildman–Crippen LogP) is 4.10. The average Bonchev–Trinajstić information content (AvgIpc) is 3.30. The zero-order valence-electron chi connectivity index (χ0n) is 14.2. The van der Waals surface area contributed by atoms with Crippen LogP contribution in [0.15, 0.2) is 35.3 Å². The number of anilines is 1. The Morgan fingerprint density at radius 1 is 1.27 bits per heavy atom. The molecule has 6 nitrogen and oxygen atoms in total. The van der Waals surface area contributed by atoms with E-state index < -0.39 is 0 Å². The van der Waals surface area contributed by atoms with E-state index in [0.29, 0.717) is 28.0 Å². The number of hydrogen-bond acceptors (Lipinski definition) is 7. The zero-order chi connectivity index (χ0) is 18.5. The summed E-state index contributed by atoms with van der Waals surface area (Å²) in [5, 5.41) is 14.5. The minimum atomic E-state index is -0.0557. The highest BCUT2D eigenvalue weighted by molar-refractivity contribution is 7.14. The summed E-state index contributed by atoms with van der Waals surface area (Å²) in [6.45, 7) is 3.96. The van der Waals surface area contributed by atoms with Gasteiger partial charge in [0.15, 0.2) is 5.13 Å². The molecule has 0 atom stereocenters. The van der Waals surface area contributed by atoms with Gasteiger partial charge in [0.1, 0.15) is 11.1 Å². The number of rotatable bonds is 5. The molecule has 0 aliphatic rings. The van der Waals surface area contributed by atoms with Crippen LogP contribution in [0, 0.1) is 11.3 Å². The molecular formula is C18H15N5OS2. The fourth-order valence-corrected chi connectivity index (χ4v) is 3.99. The molecule has 3 rings (SSSR count). The van der Waals surface area contributed by atoms with Gasteiger partial charge in [0.2, 0.25) is 5.91 Å². The summed E-state index contributed by atoms with van der Waals surface area (Å²) >= 11 is 2.78. The first-order valence-electron chi connectivity index (χ1n) is 7.84. The first-order valence-corrected chi connectivity index (χ1v) is 9.60. The molecule has 1 amide bonds. The maximum Gasteiger partial charge on any atom is 0.225 e. The van der Waals surface area contributed by atoms with Gasteiger partial charge in [-0.15, -0.1) is 22.7 Å². The Morgan fingerprint density at radius 3 is 2.69 bits per heavy atom. The van der Waals surface area contributed by atoms with E-state index in [1.165, 1.54) is 29.6 Å². The van der Waals surface area contributed by atoms with Gasteiger partial charge in [-0.1, -0.05) is 0 Å². The number of pyridine rings is 1. The average molecular weight is 381 g/mol. The van der Waals surface area contributed by atoms with Crippen molar-refractivity contribution in [3.05, 3.63) is 46.0 Å². The molecule has 0 saturated heterocycles. The standard InChI is InChI=1S/C18H15N5OS2/c1-3-23(12(2)24)18-21-15(10-26-18)8-14(9-19)17-22-16(11-25-17)13-4-6-20-7-5-13/h4-8,10-11H,3H2,1-2H3/b14-8-. The molecule has 0 N–H and O–H groups in total. The Morgan fingerprint density at radius 2 is 2.04 bits per heavy atom. The van der Waals surface area contributed by atoms with Crippen molar-refractivity contribution in [2.75, 3.05) is 11.4 Å². The van der Waals surface area contributed by atoms with Crippen LogP contribution in [0.2, 0.25) is 0 Å². The first kappa shape index (κ1) is 17.9. The summed E-state index contributed by atoms with van der Waals surface area (Å²) in [4.78, 5) is 26.2. The molecule has 3 aromatic rings. The van der Waals surface area contributed by atoms with E-state index >= 15 is 0 Å². The van der Waals surface area contributed by atoms with E-state index in [2.05, 4.69) is 21.0 Å². The van der Waals surface area contributed by atoms with Gasteiger partial charge in [-0.2, -0.15) is 5.26 Å². The second-order valence-electron chi connectivity index (χ2n) is 5.26. The number of allylic oxidation sites excluding steroid dienone is 1. The van der Waals surface area contributed by atoms with Crippen LogP contribution in [0.25, 0.3) is 22.9 Å². The van der Waals surface area contributed by atoms with E-state index in [9.17, 15) is 10.1 Å². The number of aromatic nitrogens is 3. The van der Waals surface area contributed by atoms with Crippen LogP contribution in [0.3, 0.4) is 0 Å². The lowest BCUT2D eigenvalue weighted by Gasteiger charge is -2.14. The second-order valence-corrected chi connectivity index (χ2v) is 6.96. The number of nitrogens with zero attached hydrogens (tertiary/aromatic N) is 5. The van der Waals surface area contributed by atoms with Gasteiger partial charge in [-0.25, -0.2) is 9.97 Å². The maximum absolute atomic E-state index is 11.6. The number of nitriles is 1. The molecule has 0 unspecified atom stereocenters. The molecule has 0 aliphatic carbocycles. The van der Waals surface area contributed by atoms with Crippen LogP contribution in [-0.2, 0) is 4.79 Å². The summed E-state index contributed by atoms with van der Waals surface area (Å²) in [6.07, 6.45) is 5.12. The van der Waals surface area contributed by atoms with Crippen molar-refractivity contribution >= 4 is 45.4 Å². The highest BCUT2D eigenvalue weighted by Gasteiger charge is 2.14. The van der Waals surface area contributed by atoms with Gasteiger partial charge in [-0.3, -0.25) is 14.7 Å². The number of thiazole rings is 2. The summed E-state index contributed by atoms with van der Waals surface area (Å²) in [6, 6.07) is 5.94. The molecule has 0 bridgehead atoms. The predicted molar refractivity (Wildman–Crippen MR) is 105 cm³/mol. The summed E-state index contributed by atoms with van der Waals surface area (Å²) in [5.74, 6) is -0.0557. The van der Waals surface area contributed by atoms with E-state index in [1.54, 1.807) is 23.4 Å². The molecule has 8 heteroatoms. The summed E-state index contributed by atoms with van der Waals surface area (Å²) in [7, 11) is 0. The third-order valence-corrected chi connectivity index (χ3v) is 5.32. The smallest absolute Gasteiger partial charge is 0.225 e. The second kappa shape index (κ2) is 7.99. The Hall–Kier alpha value is -2.89. The van der Waals surface area contributed by atoms with Crippen LogP contribution >= 0.6 is 22.7 Å². The van der Waals surface area contributed by atoms with Crippen molar-refractivity contribution in [2.45, 2.75) is 13.8 Å². The van der Waals surface area contributed by atoms with Gasteiger partial charge in [0.05, 0.1) is 17.0 Å². The Balaban J connectivity index is 1.88. The molecule has 0 spiro atoms. The van der Waals surface area contributed by atoms with Crippen LogP contribution < -0.4 is 4.90 Å². The third-order valence-electron chi connectivity index (χ3n) is 3.56. The fraction of sp³-hybridized carbons (Fsp3) is 0.167. The van der Waals surface area contributed by atoms with Crippen LogP contribution in [-0.4, -0.2) is 27.4 Å². The SMILES string of the molecule is CCN(C(C)=O)c1nc(/C=C(/C#N)c2nc(-c3ccncc3)cs2)cs1. The third kappa shape index (κ3) is 3.85. The van der Waals surface area contributed by atoms with Crippen LogP contribution in [0.1, 0.15) is 24.5 Å². The van der Waals surface area contributed by atoms with Crippen molar-refractivity contribution in [2.24, 2.45) is 0 Å². The molecular weight excluding hydrogens is 366 g/mol. The molecule has 3 aromatic heterocycles. The van der Waals surface area contributed by atoms with Gasteiger partial charge in [0.25, 0.3) is 0 Å². The number of carbonyl (C=O) groups is 1. The van der Waals surface area contributed by atoms with Crippen molar-refractivity contribution < 1.29 is 4.79 Å². The van der Waals surface area contributed by atoms with E-state index in [-0.39, 0.29) is 5.91 Å². The largest absolute Gasteiger partial charge is 0.289 e. The van der Waals surface area contributed by atoms with Gasteiger partial charge >= 0.3 is 0 Å². The Labute approximate surface area is 159 Å². The lowest BCUT2D eigenvalue weighted by atomic mass is 10.2. The molecule has 0 radical (unpaired) electrons. The zero-order valence-corrected chi connectivity index (χ0v) is 15.8.